The van der Waals surface area contributed by atoms with Crippen molar-refractivity contribution in [1.82, 2.24) is 0 Å². The van der Waals surface area contributed by atoms with Crippen molar-refractivity contribution in [2.45, 2.75) is 93.3 Å². The first kappa shape index (κ1) is 29.8. The van der Waals surface area contributed by atoms with Gasteiger partial charge in [0.05, 0.1) is 0 Å². The highest BCUT2D eigenvalue weighted by molar-refractivity contribution is 7.99. The molecule has 0 aliphatic rings. The molecule has 0 rings (SSSR count). The summed E-state index contributed by atoms with van der Waals surface area (Å²) in [5.41, 5.74) is -1.14. The second-order valence-electron chi connectivity index (χ2n) is 11.1. The summed E-state index contributed by atoms with van der Waals surface area (Å²) in [5, 5.41) is 0. The molecule has 184 valence electrons. The molecule has 0 saturated carbocycles. The topological polar surface area (TPSA) is 89.5 Å². The first-order valence-corrected chi connectivity index (χ1v) is 11.7. The second-order valence-corrected chi connectivity index (χ2v) is 12.4. The molecular formula is C22H42O8S. The third-order valence-corrected chi connectivity index (χ3v) is 4.39. The Bertz CT molecular complexity index is 499. The van der Waals surface area contributed by atoms with Crippen LogP contribution >= 0.6 is 11.8 Å². The van der Waals surface area contributed by atoms with E-state index in [1.165, 1.54) is 11.8 Å². The van der Waals surface area contributed by atoms with Crippen LogP contribution in [0.25, 0.3) is 0 Å². The van der Waals surface area contributed by atoms with Gasteiger partial charge >= 0.3 is 12.3 Å². The van der Waals surface area contributed by atoms with E-state index in [2.05, 4.69) is 41.5 Å². The Kier molecular flexibility index (Phi) is 12.3. The van der Waals surface area contributed by atoms with Crippen LogP contribution in [0.4, 0.5) is 9.59 Å². The summed E-state index contributed by atoms with van der Waals surface area (Å²) in [7, 11) is 0. The fourth-order valence-corrected chi connectivity index (χ4v) is 4.03. The Balaban J connectivity index is 3.81. The lowest BCUT2D eigenvalue weighted by molar-refractivity contribution is -0.322. The van der Waals surface area contributed by atoms with Crippen LogP contribution in [0.5, 0.6) is 0 Å². The first-order valence-electron chi connectivity index (χ1n) is 10.5. The van der Waals surface area contributed by atoms with Crippen molar-refractivity contribution in [2.24, 2.45) is 10.8 Å². The fraction of sp³-hybridized carbons (Fsp3) is 0.909. The van der Waals surface area contributed by atoms with Crippen molar-refractivity contribution in [3.63, 3.8) is 0 Å². The summed E-state index contributed by atoms with van der Waals surface area (Å²) in [6, 6.07) is 0. The van der Waals surface area contributed by atoms with E-state index in [0.29, 0.717) is 24.3 Å². The van der Waals surface area contributed by atoms with Crippen molar-refractivity contribution >= 4 is 24.1 Å². The number of carbonyl (C=O) groups is 2. The quantitative estimate of drug-likeness (QED) is 0.142. The third-order valence-electron chi connectivity index (χ3n) is 3.48. The van der Waals surface area contributed by atoms with Crippen LogP contribution in [0, 0.1) is 10.8 Å². The van der Waals surface area contributed by atoms with E-state index in [0.717, 1.165) is 0 Å². The van der Waals surface area contributed by atoms with E-state index < -0.39 is 23.5 Å². The molecule has 0 amide bonds. The molecule has 0 atom stereocenters. The number of ether oxygens (including phenoxy) is 2. The molecule has 0 bridgehead atoms. The maximum Gasteiger partial charge on any atom is 0.540 e. The average molecular weight is 467 g/mol. The highest BCUT2D eigenvalue weighted by Crippen LogP contribution is 2.30. The van der Waals surface area contributed by atoms with Gasteiger partial charge in [-0.1, -0.05) is 41.5 Å². The molecule has 0 aromatic carbocycles. The highest BCUT2D eigenvalue weighted by Gasteiger charge is 2.30. The highest BCUT2D eigenvalue weighted by atomic mass is 32.2. The molecule has 0 unspecified atom stereocenters. The van der Waals surface area contributed by atoms with Crippen LogP contribution in [0.2, 0.25) is 0 Å². The Morgan fingerprint density at radius 2 is 0.935 bits per heavy atom. The van der Waals surface area contributed by atoms with Crippen LogP contribution in [0.3, 0.4) is 0 Å². The lowest BCUT2D eigenvalue weighted by Crippen LogP contribution is -2.31. The fourth-order valence-electron chi connectivity index (χ4n) is 3.42. The van der Waals surface area contributed by atoms with Gasteiger partial charge in [-0.2, -0.15) is 21.5 Å². The van der Waals surface area contributed by atoms with Crippen LogP contribution in [0.1, 0.15) is 82.1 Å². The number of carbonyl (C=O) groups excluding carboxylic acids is 2. The molecule has 8 nitrogen and oxygen atoms in total. The Morgan fingerprint density at radius 1 is 0.613 bits per heavy atom. The van der Waals surface area contributed by atoms with Gasteiger partial charge in [-0.05, 0) is 51.4 Å². The molecular weight excluding hydrogens is 424 g/mol. The Hall–Kier alpha value is -1.19. The zero-order valence-corrected chi connectivity index (χ0v) is 21.7. The molecule has 0 aromatic rings. The smallest absolute Gasteiger partial charge is 0.431 e. The first-order chi connectivity index (χ1) is 13.9. The summed E-state index contributed by atoms with van der Waals surface area (Å²) in [5.74, 6) is 1.04. The normalized spacial score (nSPS) is 13.0. The zero-order valence-electron chi connectivity index (χ0n) is 20.9. The SMILES string of the molecule is CC(C)(C)CC(C)(C)OOC(=O)OCCSCCOC(=O)OOC(C)(C)CC(C)(C)C. The number of hydrogen-bond donors (Lipinski definition) is 0. The number of thioether (sulfide) groups is 1. The minimum Gasteiger partial charge on any atom is -0.431 e. The van der Waals surface area contributed by atoms with E-state index >= 15 is 0 Å². The molecule has 0 aliphatic heterocycles. The van der Waals surface area contributed by atoms with Crippen LogP contribution in [-0.2, 0) is 29.0 Å². The number of rotatable bonds is 12. The van der Waals surface area contributed by atoms with Gasteiger partial charge in [-0.3, -0.25) is 9.78 Å². The van der Waals surface area contributed by atoms with Gasteiger partial charge in [0.1, 0.15) is 24.4 Å². The van der Waals surface area contributed by atoms with Crippen molar-refractivity contribution in [2.75, 3.05) is 24.7 Å². The maximum atomic E-state index is 11.6. The van der Waals surface area contributed by atoms with Crippen molar-refractivity contribution in [3.05, 3.63) is 0 Å². The van der Waals surface area contributed by atoms with Gasteiger partial charge < -0.3 is 9.47 Å². The molecule has 9 heteroatoms. The maximum absolute atomic E-state index is 11.6. The predicted molar refractivity (Wildman–Crippen MR) is 121 cm³/mol. The minimum atomic E-state index is -0.877. The molecule has 0 heterocycles. The molecule has 0 radical (unpaired) electrons. The lowest BCUT2D eigenvalue weighted by Gasteiger charge is -2.30. The van der Waals surface area contributed by atoms with Crippen LogP contribution < -0.4 is 0 Å². The standard InChI is InChI=1S/C22H42O8S/c1-19(2,3)15-21(7,8)29-27-17(23)25-11-13-31-14-12-26-18(24)28-30-22(9,10)16-20(4,5)6/h11-16H2,1-10H3. The number of hydrogen-bond acceptors (Lipinski definition) is 9. The monoisotopic (exact) mass is 466 g/mol. The van der Waals surface area contributed by atoms with Gasteiger partial charge in [0.15, 0.2) is 0 Å². The molecule has 0 saturated heterocycles. The minimum absolute atomic E-state index is 0.0383. The third kappa shape index (κ3) is 19.2. The van der Waals surface area contributed by atoms with E-state index in [1.54, 1.807) is 0 Å². The van der Waals surface area contributed by atoms with Crippen LogP contribution in [0.15, 0.2) is 0 Å². The average Bonchev–Trinajstić information content (AvgIpc) is 2.53. The van der Waals surface area contributed by atoms with E-state index in [1.807, 2.05) is 27.7 Å². The summed E-state index contributed by atoms with van der Waals surface area (Å²) >= 11 is 1.45. The van der Waals surface area contributed by atoms with E-state index in [4.69, 9.17) is 29.0 Å². The Morgan fingerprint density at radius 3 is 1.23 bits per heavy atom. The van der Waals surface area contributed by atoms with Gasteiger partial charge in [0.25, 0.3) is 0 Å². The molecule has 0 aliphatic carbocycles. The van der Waals surface area contributed by atoms with Crippen molar-refractivity contribution in [1.29, 1.82) is 0 Å². The molecule has 0 N–H and O–H groups in total. The molecule has 31 heavy (non-hydrogen) atoms. The van der Waals surface area contributed by atoms with Crippen molar-refractivity contribution in [3.8, 4) is 0 Å². The lowest BCUT2D eigenvalue weighted by atomic mass is 9.84. The van der Waals surface area contributed by atoms with Crippen molar-refractivity contribution < 1.29 is 38.6 Å². The summed E-state index contributed by atoms with van der Waals surface area (Å²) in [6.45, 7) is 20.2. The van der Waals surface area contributed by atoms with Gasteiger partial charge in [0.2, 0.25) is 0 Å². The van der Waals surface area contributed by atoms with Crippen LogP contribution in [-0.4, -0.2) is 48.2 Å². The van der Waals surface area contributed by atoms with Gasteiger partial charge in [-0.15, -0.1) is 0 Å². The summed E-state index contributed by atoms with van der Waals surface area (Å²) < 4.78 is 9.90. The second kappa shape index (κ2) is 12.7. The van der Waals surface area contributed by atoms with E-state index in [-0.39, 0.29) is 24.0 Å². The van der Waals surface area contributed by atoms with Gasteiger partial charge in [0, 0.05) is 11.5 Å². The zero-order chi connectivity index (χ0) is 24.3. The summed E-state index contributed by atoms with van der Waals surface area (Å²) in [6.07, 6.45) is -0.329. The van der Waals surface area contributed by atoms with E-state index in [9.17, 15) is 9.59 Å². The molecule has 0 fully saturated rings. The van der Waals surface area contributed by atoms with Gasteiger partial charge in [-0.25, -0.2) is 9.59 Å². The predicted octanol–water partition coefficient (Wildman–Crippen LogP) is 6.32. The largest absolute Gasteiger partial charge is 0.540 e. The summed E-state index contributed by atoms with van der Waals surface area (Å²) in [4.78, 5) is 43.0. The molecule has 0 spiro atoms. The molecule has 0 aromatic heterocycles. The Labute approximate surface area is 191 Å².